The third-order valence-corrected chi connectivity index (χ3v) is 3.45. The minimum Gasteiger partial charge on any atom is -0.303 e. The molecule has 1 nitrogen and oxygen atoms in total. The fourth-order valence-electron chi connectivity index (χ4n) is 2.55. The van der Waals surface area contributed by atoms with E-state index in [4.69, 9.17) is 0 Å². The summed E-state index contributed by atoms with van der Waals surface area (Å²) in [6.45, 7) is 6.08. The zero-order chi connectivity index (χ0) is 9.80. The van der Waals surface area contributed by atoms with Crippen molar-refractivity contribution in [3.8, 4) is 0 Å². The molecule has 0 amide bonds. The van der Waals surface area contributed by atoms with Crippen molar-refractivity contribution in [2.45, 2.75) is 32.6 Å². The van der Waals surface area contributed by atoms with Crippen LogP contribution in [0, 0.1) is 5.92 Å². The molecular weight excluding hydrogens is 170 g/mol. The van der Waals surface area contributed by atoms with Gasteiger partial charge in [-0.15, -0.1) is 0 Å². The quantitative estimate of drug-likeness (QED) is 0.648. The largest absolute Gasteiger partial charge is 0.303 e. The third kappa shape index (κ3) is 2.27. The second kappa shape index (κ2) is 4.79. The van der Waals surface area contributed by atoms with Crippen LogP contribution >= 0.6 is 0 Å². The van der Waals surface area contributed by atoms with E-state index in [1.54, 1.807) is 5.57 Å². The molecule has 78 valence electrons. The van der Waals surface area contributed by atoms with E-state index in [9.17, 15) is 0 Å². The standard InChI is InChI=1S/C13H21N/c1-2-14-10-6-9-13(11-14)12-7-4-3-5-8-12/h4,7-8,13H,2-3,5-6,9-11H2,1H3. The zero-order valence-corrected chi connectivity index (χ0v) is 9.21. The van der Waals surface area contributed by atoms with Crippen LogP contribution in [0.25, 0.3) is 0 Å². The minimum absolute atomic E-state index is 0.820. The highest BCUT2D eigenvalue weighted by Gasteiger charge is 2.20. The van der Waals surface area contributed by atoms with Gasteiger partial charge in [-0.2, -0.15) is 0 Å². The first-order valence-electron chi connectivity index (χ1n) is 5.99. The van der Waals surface area contributed by atoms with Gasteiger partial charge in [-0.25, -0.2) is 0 Å². The SMILES string of the molecule is CCN1CCCC(C2=CCCC=C2)C1. The molecule has 0 N–H and O–H groups in total. The Morgan fingerprint density at radius 2 is 2.36 bits per heavy atom. The lowest BCUT2D eigenvalue weighted by atomic mass is 9.87. The molecular formula is C13H21N. The summed E-state index contributed by atoms with van der Waals surface area (Å²) >= 11 is 0. The number of hydrogen-bond acceptors (Lipinski definition) is 1. The third-order valence-electron chi connectivity index (χ3n) is 3.45. The lowest BCUT2D eigenvalue weighted by Gasteiger charge is -2.33. The fourth-order valence-corrected chi connectivity index (χ4v) is 2.55. The van der Waals surface area contributed by atoms with Gasteiger partial charge in [-0.05, 0) is 50.3 Å². The highest BCUT2D eigenvalue weighted by molar-refractivity contribution is 5.25. The first-order valence-corrected chi connectivity index (χ1v) is 5.99. The second-order valence-electron chi connectivity index (χ2n) is 4.42. The maximum Gasteiger partial charge on any atom is 0.00500 e. The van der Waals surface area contributed by atoms with E-state index >= 15 is 0 Å². The molecule has 0 spiro atoms. The average Bonchev–Trinajstić information content (AvgIpc) is 2.30. The smallest absolute Gasteiger partial charge is 0.00500 e. The predicted molar refractivity (Wildman–Crippen MR) is 61.3 cm³/mol. The summed E-state index contributed by atoms with van der Waals surface area (Å²) in [6, 6.07) is 0. The van der Waals surface area contributed by atoms with Crippen molar-refractivity contribution in [1.82, 2.24) is 4.90 Å². The maximum absolute atomic E-state index is 2.58. The van der Waals surface area contributed by atoms with E-state index in [0.29, 0.717) is 0 Å². The monoisotopic (exact) mass is 191 g/mol. The molecule has 2 aliphatic rings. The molecule has 1 fully saturated rings. The number of rotatable bonds is 2. The Morgan fingerprint density at radius 1 is 1.43 bits per heavy atom. The van der Waals surface area contributed by atoms with Gasteiger partial charge >= 0.3 is 0 Å². The Hall–Kier alpha value is -0.560. The van der Waals surface area contributed by atoms with Gasteiger partial charge in [0, 0.05) is 6.54 Å². The number of piperidine rings is 1. The molecule has 0 saturated carbocycles. The van der Waals surface area contributed by atoms with Crippen LogP contribution in [0.5, 0.6) is 0 Å². The van der Waals surface area contributed by atoms with Crippen molar-refractivity contribution in [3.05, 3.63) is 23.8 Å². The molecule has 14 heavy (non-hydrogen) atoms. The van der Waals surface area contributed by atoms with Gasteiger partial charge in [0.15, 0.2) is 0 Å². The van der Waals surface area contributed by atoms with Gasteiger partial charge in [0.2, 0.25) is 0 Å². The number of allylic oxidation sites excluding steroid dienone is 3. The molecule has 0 aromatic rings. The Kier molecular flexibility index (Phi) is 3.41. The summed E-state index contributed by atoms with van der Waals surface area (Å²) in [5.74, 6) is 0.820. The van der Waals surface area contributed by atoms with Crippen molar-refractivity contribution in [2.75, 3.05) is 19.6 Å². The van der Waals surface area contributed by atoms with E-state index in [0.717, 1.165) is 5.92 Å². The van der Waals surface area contributed by atoms with Crippen LogP contribution < -0.4 is 0 Å². The Balaban J connectivity index is 1.96. The summed E-state index contributed by atoms with van der Waals surface area (Å²) in [4.78, 5) is 2.58. The minimum atomic E-state index is 0.820. The van der Waals surface area contributed by atoms with Gasteiger partial charge in [-0.3, -0.25) is 0 Å². The highest BCUT2D eigenvalue weighted by atomic mass is 15.1. The normalized spacial score (nSPS) is 28.9. The van der Waals surface area contributed by atoms with Crippen LogP contribution in [0.3, 0.4) is 0 Å². The molecule has 1 heterocycles. The summed E-state index contributed by atoms with van der Waals surface area (Å²) in [6.07, 6.45) is 12.4. The summed E-state index contributed by atoms with van der Waals surface area (Å²) in [5, 5.41) is 0. The number of likely N-dealkylation sites (tertiary alicyclic amines) is 1. The Morgan fingerprint density at radius 3 is 3.07 bits per heavy atom. The first-order chi connectivity index (χ1) is 6.90. The summed E-state index contributed by atoms with van der Waals surface area (Å²) in [5.41, 5.74) is 1.61. The van der Waals surface area contributed by atoms with Crippen molar-refractivity contribution < 1.29 is 0 Å². The van der Waals surface area contributed by atoms with Crippen LogP contribution in [0.1, 0.15) is 32.6 Å². The molecule has 0 radical (unpaired) electrons. The van der Waals surface area contributed by atoms with E-state index in [2.05, 4.69) is 30.1 Å². The van der Waals surface area contributed by atoms with Crippen LogP contribution in [0.15, 0.2) is 23.8 Å². The summed E-state index contributed by atoms with van der Waals surface area (Å²) in [7, 11) is 0. The molecule has 1 aliphatic carbocycles. The topological polar surface area (TPSA) is 3.24 Å². The van der Waals surface area contributed by atoms with Crippen LogP contribution in [-0.2, 0) is 0 Å². The van der Waals surface area contributed by atoms with Crippen LogP contribution in [-0.4, -0.2) is 24.5 Å². The van der Waals surface area contributed by atoms with E-state index in [1.807, 2.05) is 0 Å². The number of hydrogen-bond donors (Lipinski definition) is 0. The van der Waals surface area contributed by atoms with Crippen molar-refractivity contribution in [3.63, 3.8) is 0 Å². The zero-order valence-electron chi connectivity index (χ0n) is 9.21. The van der Waals surface area contributed by atoms with Crippen molar-refractivity contribution in [1.29, 1.82) is 0 Å². The van der Waals surface area contributed by atoms with Crippen molar-refractivity contribution >= 4 is 0 Å². The second-order valence-corrected chi connectivity index (χ2v) is 4.42. The molecule has 2 rings (SSSR count). The van der Waals surface area contributed by atoms with Crippen LogP contribution in [0.2, 0.25) is 0 Å². The van der Waals surface area contributed by atoms with Gasteiger partial charge < -0.3 is 4.90 Å². The maximum atomic E-state index is 2.58. The highest BCUT2D eigenvalue weighted by Crippen LogP contribution is 2.26. The molecule has 1 aliphatic heterocycles. The molecule has 1 saturated heterocycles. The van der Waals surface area contributed by atoms with Gasteiger partial charge in [0.25, 0.3) is 0 Å². The lowest BCUT2D eigenvalue weighted by molar-refractivity contribution is 0.202. The molecule has 1 unspecified atom stereocenters. The van der Waals surface area contributed by atoms with Gasteiger partial charge in [0.05, 0.1) is 0 Å². The summed E-state index contributed by atoms with van der Waals surface area (Å²) < 4.78 is 0. The molecule has 1 heteroatoms. The van der Waals surface area contributed by atoms with E-state index in [1.165, 1.54) is 45.3 Å². The van der Waals surface area contributed by atoms with E-state index in [-0.39, 0.29) is 0 Å². The predicted octanol–water partition coefficient (Wildman–Crippen LogP) is 2.99. The Labute approximate surface area is 87.5 Å². The fraction of sp³-hybridized carbons (Fsp3) is 0.692. The van der Waals surface area contributed by atoms with E-state index < -0.39 is 0 Å². The molecule has 1 atom stereocenters. The molecule has 0 bridgehead atoms. The van der Waals surface area contributed by atoms with Gasteiger partial charge in [-0.1, -0.05) is 25.2 Å². The molecule has 0 aromatic heterocycles. The van der Waals surface area contributed by atoms with Gasteiger partial charge in [0.1, 0.15) is 0 Å². The number of nitrogens with zero attached hydrogens (tertiary/aromatic N) is 1. The molecule has 0 aromatic carbocycles. The lowest BCUT2D eigenvalue weighted by Crippen LogP contribution is -2.35. The average molecular weight is 191 g/mol. The Bertz CT molecular complexity index is 240. The van der Waals surface area contributed by atoms with Crippen molar-refractivity contribution in [2.24, 2.45) is 5.92 Å². The van der Waals surface area contributed by atoms with Crippen LogP contribution in [0.4, 0.5) is 0 Å². The first kappa shape index (κ1) is 9.97.